The average molecular weight is 287 g/mol. The molecule has 108 valence electrons. The Bertz CT molecular complexity index is 418. The molecule has 1 aliphatic heterocycles. The van der Waals surface area contributed by atoms with E-state index in [2.05, 4.69) is 38.0 Å². The molecule has 0 aliphatic carbocycles. The first-order valence-electron chi connectivity index (χ1n) is 6.47. The van der Waals surface area contributed by atoms with Gasteiger partial charge in [-0.25, -0.2) is 0 Å². The lowest BCUT2D eigenvalue weighted by Gasteiger charge is -2.27. The van der Waals surface area contributed by atoms with Crippen LogP contribution >= 0.6 is 12.4 Å². The smallest absolute Gasteiger partial charge is 0.221 e. The molecule has 0 radical (unpaired) electrons. The number of aromatic nitrogens is 1. The lowest BCUT2D eigenvalue weighted by molar-refractivity contribution is 0.0975. The van der Waals surface area contributed by atoms with Gasteiger partial charge in [-0.05, 0) is 18.4 Å². The number of hydrogen-bond acceptors (Lipinski definition) is 4. The zero-order chi connectivity index (χ0) is 13.2. The first-order chi connectivity index (χ1) is 8.47. The maximum Gasteiger partial charge on any atom is 0.221 e. The highest BCUT2D eigenvalue weighted by atomic mass is 35.5. The highest BCUT2D eigenvalue weighted by Gasteiger charge is 2.22. The molecule has 1 atom stereocenters. The van der Waals surface area contributed by atoms with Gasteiger partial charge in [0.2, 0.25) is 11.8 Å². The summed E-state index contributed by atoms with van der Waals surface area (Å²) in [5, 5.41) is 3.28. The fourth-order valence-electron chi connectivity index (χ4n) is 1.58. The van der Waals surface area contributed by atoms with Crippen LogP contribution in [0.3, 0.4) is 0 Å². The van der Waals surface area contributed by atoms with E-state index in [0.717, 1.165) is 18.7 Å². The van der Waals surface area contributed by atoms with Crippen molar-refractivity contribution in [1.29, 1.82) is 0 Å². The van der Waals surface area contributed by atoms with Gasteiger partial charge in [0.25, 0.3) is 0 Å². The molecule has 0 bridgehead atoms. The highest BCUT2D eigenvalue weighted by molar-refractivity contribution is 5.85. The quantitative estimate of drug-likeness (QED) is 0.908. The van der Waals surface area contributed by atoms with Crippen LogP contribution in [0.25, 0.3) is 0 Å². The van der Waals surface area contributed by atoms with E-state index in [1.165, 1.54) is 0 Å². The standard InChI is InChI=1S/C14H22N2O2.ClH/c1-10(14(2,3)4)18-12-6-5-11-9-15-7-8-17-13(11)16-12;/h5-6,10,15H,7-9H2,1-4H3;1H. The van der Waals surface area contributed by atoms with Crippen LogP contribution in [0.4, 0.5) is 0 Å². The van der Waals surface area contributed by atoms with Crippen LogP contribution in [0.15, 0.2) is 12.1 Å². The van der Waals surface area contributed by atoms with Gasteiger partial charge in [-0.1, -0.05) is 20.8 Å². The second kappa shape index (κ2) is 6.44. The first-order valence-corrected chi connectivity index (χ1v) is 6.47. The maximum absolute atomic E-state index is 5.87. The van der Waals surface area contributed by atoms with E-state index in [4.69, 9.17) is 9.47 Å². The molecule has 1 aliphatic rings. The van der Waals surface area contributed by atoms with Crippen LogP contribution < -0.4 is 14.8 Å². The topological polar surface area (TPSA) is 43.4 Å². The molecule has 0 fully saturated rings. The predicted molar refractivity (Wildman–Crippen MR) is 78.2 cm³/mol. The Balaban J connectivity index is 0.00000180. The monoisotopic (exact) mass is 286 g/mol. The van der Waals surface area contributed by atoms with Gasteiger partial charge in [-0.15, -0.1) is 12.4 Å². The summed E-state index contributed by atoms with van der Waals surface area (Å²) in [7, 11) is 0. The summed E-state index contributed by atoms with van der Waals surface area (Å²) in [6.45, 7) is 10.8. The number of halogens is 1. The predicted octanol–water partition coefficient (Wildman–Crippen LogP) is 2.80. The third-order valence-electron chi connectivity index (χ3n) is 3.26. The van der Waals surface area contributed by atoms with Crippen molar-refractivity contribution in [1.82, 2.24) is 10.3 Å². The van der Waals surface area contributed by atoms with Crippen LogP contribution in [-0.2, 0) is 6.54 Å². The Labute approximate surface area is 121 Å². The van der Waals surface area contributed by atoms with Crippen LogP contribution in [0.5, 0.6) is 11.8 Å². The number of nitrogens with zero attached hydrogens (tertiary/aromatic N) is 1. The molecule has 0 saturated heterocycles. The van der Waals surface area contributed by atoms with Crippen LogP contribution in [0.1, 0.15) is 33.3 Å². The minimum absolute atomic E-state index is 0. The van der Waals surface area contributed by atoms with Crippen molar-refractivity contribution in [3.8, 4) is 11.8 Å². The second-order valence-corrected chi connectivity index (χ2v) is 5.77. The van der Waals surface area contributed by atoms with Crippen molar-refractivity contribution in [2.24, 2.45) is 5.41 Å². The molecule has 19 heavy (non-hydrogen) atoms. The highest BCUT2D eigenvalue weighted by Crippen LogP contribution is 2.26. The summed E-state index contributed by atoms with van der Waals surface area (Å²) in [4.78, 5) is 4.44. The Hall–Kier alpha value is -1.00. The van der Waals surface area contributed by atoms with Crippen molar-refractivity contribution in [2.75, 3.05) is 13.2 Å². The summed E-state index contributed by atoms with van der Waals surface area (Å²) in [6, 6.07) is 3.93. The molecule has 2 heterocycles. The van der Waals surface area contributed by atoms with E-state index in [9.17, 15) is 0 Å². The molecule has 0 amide bonds. The molecule has 5 heteroatoms. The minimum atomic E-state index is 0. The summed E-state index contributed by atoms with van der Waals surface area (Å²) in [5.41, 5.74) is 1.18. The van der Waals surface area contributed by atoms with E-state index in [1.807, 2.05) is 12.1 Å². The Morgan fingerprint density at radius 2 is 2.11 bits per heavy atom. The zero-order valence-electron chi connectivity index (χ0n) is 12.0. The van der Waals surface area contributed by atoms with Crippen molar-refractivity contribution in [3.05, 3.63) is 17.7 Å². The molecular weight excluding hydrogens is 264 g/mol. The average Bonchev–Trinajstić information content (AvgIpc) is 2.52. The minimum Gasteiger partial charge on any atom is -0.476 e. The molecule has 0 spiro atoms. The molecular formula is C14H23ClN2O2. The van der Waals surface area contributed by atoms with E-state index < -0.39 is 0 Å². The van der Waals surface area contributed by atoms with E-state index in [-0.39, 0.29) is 23.9 Å². The second-order valence-electron chi connectivity index (χ2n) is 5.77. The van der Waals surface area contributed by atoms with Crippen molar-refractivity contribution in [3.63, 3.8) is 0 Å². The van der Waals surface area contributed by atoms with Crippen LogP contribution in [-0.4, -0.2) is 24.2 Å². The number of fused-ring (bicyclic) bond motifs is 1. The first kappa shape index (κ1) is 16.1. The van der Waals surface area contributed by atoms with E-state index in [1.54, 1.807) is 0 Å². The van der Waals surface area contributed by atoms with Gasteiger partial charge in [0.1, 0.15) is 12.7 Å². The van der Waals surface area contributed by atoms with Gasteiger partial charge in [0, 0.05) is 24.7 Å². The molecule has 0 aromatic carbocycles. The van der Waals surface area contributed by atoms with Crippen molar-refractivity contribution >= 4 is 12.4 Å². The largest absolute Gasteiger partial charge is 0.476 e. The molecule has 1 aromatic rings. The number of hydrogen-bond donors (Lipinski definition) is 1. The van der Waals surface area contributed by atoms with Gasteiger partial charge < -0.3 is 14.8 Å². The lowest BCUT2D eigenvalue weighted by atomic mass is 9.90. The maximum atomic E-state index is 5.87. The van der Waals surface area contributed by atoms with Gasteiger partial charge in [-0.3, -0.25) is 0 Å². The molecule has 1 unspecified atom stereocenters. The van der Waals surface area contributed by atoms with E-state index in [0.29, 0.717) is 18.4 Å². The number of ether oxygens (including phenoxy) is 2. The van der Waals surface area contributed by atoms with Gasteiger partial charge in [0.05, 0.1) is 0 Å². The zero-order valence-corrected chi connectivity index (χ0v) is 12.8. The normalized spacial score (nSPS) is 16.4. The van der Waals surface area contributed by atoms with Gasteiger partial charge >= 0.3 is 0 Å². The van der Waals surface area contributed by atoms with Crippen molar-refractivity contribution in [2.45, 2.75) is 40.3 Å². The lowest BCUT2D eigenvalue weighted by Crippen LogP contribution is -2.29. The Morgan fingerprint density at radius 1 is 1.37 bits per heavy atom. The third-order valence-corrected chi connectivity index (χ3v) is 3.26. The number of nitrogens with one attached hydrogen (secondary N) is 1. The summed E-state index contributed by atoms with van der Waals surface area (Å²) in [6.07, 6.45) is 0.104. The molecule has 4 nitrogen and oxygen atoms in total. The Morgan fingerprint density at radius 3 is 2.79 bits per heavy atom. The summed E-state index contributed by atoms with van der Waals surface area (Å²) >= 11 is 0. The van der Waals surface area contributed by atoms with Gasteiger partial charge in [-0.2, -0.15) is 4.98 Å². The Kier molecular flexibility index (Phi) is 5.44. The number of rotatable bonds is 2. The molecule has 0 saturated carbocycles. The molecule has 1 aromatic heterocycles. The van der Waals surface area contributed by atoms with Gasteiger partial charge in [0.15, 0.2) is 0 Å². The van der Waals surface area contributed by atoms with Crippen LogP contribution in [0.2, 0.25) is 0 Å². The summed E-state index contributed by atoms with van der Waals surface area (Å²) < 4.78 is 11.5. The molecule has 1 N–H and O–H groups in total. The van der Waals surface area contributed by atoms with Crippen LogP contribution in [0, 0.1) is 5.41 Å². The third kappa shape index (κ3) is 4.25. The fourth-order valence-corrected chi connectivity index (χ4v) is 1.58. The summed E-state index contributed by atoms with van der Waals surface area (Å²) in [5.74, 6) is 1.33. The van der Waals surface area contributed by atoms with E-state index >= 15 is 0 Å². The fraction of sp³-hybridized carbons (Fsp3) is 0.643. The SMILES string of the molecule is CC(Oc1ccc2c(n1)OCCNC2)C(C)(C)C.Cl. The number of pyridine rings is 1. The van der Waals surface area contributed by atoms with Crippen molar-refractivity contribution < 1.29 is 9.47 Å². The molecule has 2 rings (SSSR count).